The third-order valence-electron chi connectivity index (χ3n) is 5.08. The molecule has 2 aromatic carbocycles. The minimum atomic E-state index is 0.0260. The van der Waals surface area contributed by atoms with Gasteiger partial charge in [0.15, 0.2) is 0 Å². The summed E-state index contributed by atoms with van der Waals surface area (Å²) in [7, 11) is 0. The fourth-order valence-electron chi connectivity index (χ4n) is 3.45. The van der Waals surface area contributed by atoms with Crippen LogP contribution in [-0.2, 0) is 6.42 Å². The Morgan fingerprint density at radius 3 is 2.82 bits per heavy atom. The summed E-state index contributed by atoms with van der Waals surface area (Å²) in [5.41, 5.74) is 10.9. The van der Waals surface area contributed by atoms with E-state index in [1.54, 1.807) is 11.3 Å². The first-order valence-electron chi connectivity index (χ1n) is 9.61. The van der Waals surface area contributed by atoms with Crippen molar-refractivity contribution < 1.29 is 0 Å². The van der Waals surface area contributed by atoms with Gasteiger partial charge in [-0.05, 0) is 43.0 Å². The van der Waals surface area contributed by atoms with E-state index in [0.29, 0.717) is 12.5 Å². The Labute approximate surface area is 167 Å². The number of H-pyrrole nitrogens is 1. The molecule has 1 fully saturated rings. The van der Waals surface area contributed by atoms with Crippen LogP contribution in [0.5, 0.6) is 0 Å². The highest BCUT2D eigenvalue weighted by molar-refractivity contribution is 7.18. The van der Waals surface area contributed by atoms with E-state index in [1.165, 1.54) is 29.5 Å². The molecule has 7 heteroatoms. The van der Waals surface area contributed by atoms with E-state index in [4.69, 9.17) is 5.73 Å². The number of aromatic nitrogens is 4. The van der Waals surface area contributed by atoms with Crippen molar-refractivity contribution in [3.8, 4) is 10.6 Å². The zero-order valence-electron chi connectivity index (χ0n) is 15.4. The van der Waals surface area contributed by atoms with Gasteiger partial charge in [0.2, 0.25) is 5.13 Å². The van der Waals surface area contributed by atoms with Crippen LogP contribution in [0.1, 0.15) is 30.0 Å². The number of aromatic amines is 1. The van der Waals surface area contributed by atoms with Crippen molar-refractivity contribution in [3.63, 3.8) is 0 Å². The molecule has 5 rings (SSSR count). The Hall–Kier alpha value is -2.77. The number of hydrogen-bond acceptors (Lipinski definition) is 6. The maximum Gasteiger partial charge on any atom is 0.206 e. The number of fused-ring (bicyclic) bond motifs is 1. The summed E-state index contributed by atoms with van der Waals surface area (Å²) >= 11 is 1.56. The average Bonchev–Trinajstić information content (AvgIpc) is 3.29. The van der Waals surface area contributed by atoms with Gasteiger partial charge in [-0.15, -0.1) is 10.2 Å². The Morgan fingerprint density at radius 1 is 1.14 bits per heavy atom. The molecule has 1 aliphatic carbocycles. The van der Waals surface area contributed by atoms with E-state index >= 15 is 0 Å². The maximum atomic E-state index is 6.26. The monoisotopic (exact) mass is 390 g/mol. The molecule has 2 aromatic heterocycles. The molecule has 4 aromatic rings. The second-order valence-corrected chi connectivity index (χ2v) is 8.36. The van der Waals surface area contributed by atoms with Crippen LogP contribution in [-0.4, -0.2) is 33.0 Å². The first kappa shape index (κ1) is 17.3. The largest absolute Gasteiger partial charge is 0.359 e. The highest BCUT2D eigenvalue weighted by Crippen LogP contribution is 2.42. The Morgan fingerprint density at radius 2 is 2.00 bits per heavy atom. The first-order valence-corrected chi connectivity index (χ1v) is 10.4. The zero-order valence-corrected chi connectivity index (χ0v) is 16.2. The van der Waals surface area contributed by atoms with E-state index in [2.05, 4.69) is 56.0 Å². The van der Waals surface area contributed by atoms with Crippen molar-refractivity contribution in [2.45, 2.75) is 31.2 Å². The van der Waals surface area contributed by atoms with Crippen LogP contribution >= 0.6 is 11.3 Å². The second-order valence-electron chi connectivity index (χ2n) is 7.39. The molecule has 142 valence electrons. The number of nitrogens with two attached hydrogens (primary N) is 1. The second kappa shape index (κ2) is 7.33. The molecule has 0 spiro atoms. The minimum absolute atomic E-state index is 0.0260. The van der Waals surface area contributed by atoms with Crippen molar-refractivity contribution in [1.29, 1.82) is 0 Å². The van der Waals surface area contributed by atoms with Gasteiger partial charge < -0.3 is 11.1 Å². The van der Waals surface area contributed by atoms with Gasteiger partial charge in [0, 0.05) is 29.5 Å². The topological polar surface area (TPSA) is 92.5 Å². The third-order valence-corrected chi connectivity index (χ3v) is 6.01. The number of nitrogens with one attached hydrogen (secondary N) is 2. The van der Waals surface area contributed by atoms with Crippen molar-refractivity contribution in [1.82, 2.24) is 20.4 Å². The lowest BCUT2D eigenvalue weighted by molar-refractivity contribution is 0.698. The minimum Gasteiger partial charge on any atom is -0.359 e. The molecule has 28 heavy (non-hydrogen) atoms. The average molecular weight is 391 g/mol. The number of rotatable bonds is 7. The maximum absolute atomic E-state index is 6.26. The van der Waals surface area contributed by atoms with Gasteiger partial charge in [-0.3, -0.25) is 5.10 Å². The normalized spacial score (nSPS) is 15.0. The van der Waals surface area contributed by atoms with E-state index in [0.717, 1.165) is 27.6 Å². The number of anilines is 1. The van der Waals surface area contributed by atoms with E-state index < -0.39 is 0 Å². The summed E-state index contributed by atoms with van der Waals surface area (Å²) in [5, 5.41) is 22.5. The molecule has 0 radical (unpaired) electrons. The third kappa shape index (κ3) is 3.63. The van der Waals surface area contributed by atoms with Crippen LogP contribution in [0.4, 0.5) is 5.13 Å². The van der Waals surface area contributed by atoms with Gasteiger partial charge >= 0.3 is 0 Å². The van der Waals surface area contributed by atoms with Gasteiger partial charge in [-0.1, -0.05) is 41.7 Å². The van der Waals surface area contributed by atoms with Crippen molar-refractivity contribution >= 4 is 27.4 Å². The van der Waals surface area contributed by atoms with Crippen LogP contribution in [0.2, 0.25) is 0 Å². The van der Waals surface area contributed by atoms with Crippen molar-refractivity contribution in [2.24, 2.45) is 5.73 Å². The van der Waals surface area contributed by atoms with Crippen molar-refractivity contribution in [3.05, 3.63) is 59.8 Å². The quantitative estimate of drug-likeness (QED) is 0.444. The van der Waals surface area contributed by atoms with Gasteiger partial charge in [-0.25, -0.2) is 0 Å². The van der Waals surface area contributed by atoms with Crippen LogP contribution < -0.4 is 11.1 Å². The van der Waals surface area contributed by atoms with E-state index in [-0.39, 0.29) is 6.04 Å². The fourth-order valence-corrected chi connectivity index (χ4v) is 4.20. The van der Waals surface area contributed by atoms with Gasteiger partial charge in [0.1, 0.15) is 5.01 Å². The fraction of sp³-hybridized carbons (Fsp3) is 0.286. The lowest BCUT2D eigenvalue weighted by Gasteiger charge is -2.11. The first-order chi connectivity index (χ1) is 13.8. The molecule has 2 heterocycles. The van der Waals surface area contributed by atoms with Crippen LogP contribution in [0.3, 0.4) is 0 Å². The molecule has 6 nitrogen and oxygen atoms in total. The van der Waals surface area contributed by atoms with Crippen LogP contribution in [0.25, 0.3) is 21.5 Å². The smallest absolute Gasteiger partial charge is 0.206 e. The van der Waals surface area contributed by atoms with Crippen LogP contribution in [0, 0.1) is 0 Å². The molecule has 4 N–H and O–H groups in total. The Bertz CT molecular complexity index is 1080. The Kier molecular flexibility index (Phi) is 4.54. The number of benzene rings is 2. The summed E-state index contributed by atoms with van der Waals surface area (Å²) in [5.74, 6) is 0.613. The summed E-state index contributed by atoms with van der Waals surface area (Å²) in [6, 6.07) is 16.7. The summed E-state index contributed by atoms with van der Waals surface area (Å²) in [6.45, 7) is 0.663. The molecule has 1 atom stereocenters. The highest BCUT2D eigenvalue weighted by atomic mass is 32.1. The van der Waals surface area contributed by atoms with E-state index in [1.807, 2.05) is 18.2 Å². The SMILES string of the molecule is N[C@@H](CNc1nnc(-c2ccc3[nH]nc(C4CC4)c3c2)s1)Cc1ccccc1. The molecule has 0 aliphatic heterocycles. The van der Waals surface area contributed by atoms with Gasteiger partial charge in [-0.2, -0.15) is 5.10 Å². The standard InChI is InChI=1S/C21H22N6S/c22-16(10-13-4-2-1-3-5-13)12-23-21-27-26-20(28-21)15-8-9-18-17(11-15)19(25-24-18)14-6-7-14/h1-5,8-9,11,14,16H,6-7,10,12,22H2,(H,23,27)(H,24,25)/t16-/m1/s1. The molecule has 1 saturated carbocycles. The highest BCUT2D eigenvalue weighted by Gasteiger charge is 2.28. The Balaban J connectivity index is 1.27. The number of hydrogen-bond donors (Lipinski definition) is 3. The molecule has 0 amide bonds. The zero-order chi connectivity index (χ0) is 18.9. The van der Waals surface area contributed by atoms with Gasteiger partial charge in [0.05, 0.1) is 11.2 Å². The van der Waals surface area contributed by atoms with Crippen LogP contribution in [0.15, 0.2) is 48.5 Å². The molecular formula is C21H22N6S. The van der Waals surface area contributed by atoms with Gasteiger partial charge in [0.25, 0.3) is 0 Å². The predicted molar refractivity (Wildman–Crippen MR) is 114 cm³/mol. The molecule has 1 aliphatic rings. The molecule has 0 unspecified atom stereocenters. The molecular weight excluding hydrogens is 368 g/mol. The predicted octanol–water partition coefficient (Wildman–Crippen LogP) is 3.94. The van der Waals surface area contributed by atoms with E-state index in [9.17, 15) is 0 Å². The number of nitrogens with zero attached hydrogens (tertiary/aromatic N) is 3. The lowest BCUT2D eigenvalue weighted by atomic mass is 10.1. The molecule has 0 saturated heterocycles. The lowest BCUT2D eigenvalue weighted by Crippen LogP contribution is -2.31. The van der Waals surface area contributed by atoms with Crippen molar-refractivity contribution in [2.75, 3.05) is 11.9 Å². The summed E-state index contributed by atoms with van der Waals surface area (Å²) < 4.78 is 0. The summed E-state index contributed by atoms with van der Waals surface area (Å²) in [6.07, 6.45) is 3.31. The summed E-state index contributed by atoms with van der Waals surface area (Å²) in [4.78, 5) is 0. The molecule has 0 bridgehead atoms.